The van der Waals surface area contributed by atoms with Gasteiger partial charge in [0, 0.05) is 26.2 Å². The van der Waals surface area contributed by atoms with E-state index >= 15 is 0 Å². The highest BCUT2D eigenvalue weighted by molar-refractivity contribution is 5.16. The van der Waals surface area contributed by atoms with Gasteiger partial charge in [0.25, 0.3) is 0 Å². The van der Waals surface area contributed by atoms with Crippen LogP contribution in [0.4, 0.5) is 4.39 Å². The van der Waals surface area contributed by atoms with Gasteiger partial charge in [-0.25, -0.2) is 4.39 Å². The number of aryl methyl sites for hydroxylation is 1. The Morgan fingerprint density at radius 1 is 1.13 bits per heavy atom. The quantitative estimate of drug-likeness (QED) is 0.889. The summed E-state index contributed by atoms with van der Waals surface area (Å²) in [6, 6.07) is 10.8. The summed E-state index contributed by atoms with van der Waals surface area (Å²) in [5.41, 5.74) is 1.07. The van der Waals surface area contributed by atoms with Crippen molar-refractivity contribution in [3.63, 3.8) is 0 Å². The standard InChI is InChI=1S/C18H23FN2O2/c1-14-2-7-18(23-14)17(21-8-10-22-11-9-21)13-20-12-15-3-5-16(19)6-4-15/h2-7,17,20H,8-13H2,1H3. The Balaban J connectivity index is 1.62. The van der Waals surface area contributed by atoms with Crippen molar-refractivity contribution in [3.8, 4) is 0 Å². The fraction of sp³-hybridized carbons (Fsp3) is 0.444. The van der Waals surface area contributed by atoms with Crippen molar-refractivity contribution < 1.29 is 13.5 Å². The Kier molecular flexibility index (Phi) is 5.43. The molecule has 0 radical (unpaired) electrons. The number of ether oxygens (including phenoxy) is 1. The summed E-state index contributed by atoms with van der Waals surface area (Å²) in [5.74, 6) is 1.71. The van der Waals surface area contributed by atoms with E-state index in [0.717, 1.165) is 49.9 Å². The predicted octanol–water partition coefficient (Wildman–Crippen LogP) is 2.89. The van der Waals surface area contributed by atoms with Gasteiger partial charge in [-0.2, -0.15) is 0 Å². The molecular formula is C18H23FN2O2. The number of rotatable bonds is 6. The Labute approximate surface area is 136 Å². The molecule has 0 bridgehead atoms. The molecule has 5 heteroatoms. The van der Waals surface area contributed by atoms with Gasteiger partial charge in [0.2, 0.25) is 0 Å². The van der Waals surface area contributed by atoms with Crippen LogP contribution in [0.25, 0.3) is 0 Å². The molecule has 0 aliphatic carbocycles. The topological polar surface area (TPSA) is 37.6 Å². The van der Waals surface area contributed by atoms with Crippen LogP contribution in [0.5, 0.6) is 0 Å². The number of nitrogens with one attached hydrogen (secondary N) is 1. The molecule has 23 heavy (non-hydrogen) atoms. The Morgan fingerprint density at radius 3 is 2.52 bits per heavy atom. The smallest absolute Gasteiger partial charge is 0.123 e. The summed E-state index contributed by atoms with van der Waals surface area (Å²) in [4.78, 5) is 2.39. The second-order valence-corrected chi connectivity index (χ2v) is 5.87. The lowest BCUT2D eigenvalue weighted by atomic mass is 10.1. The molecule has 0 saturated carbocycles. The van der Waals surface area contributed by atoms with E-state index in [2.05, 4.69) is 16.3 Å². The van der Waals surface area contributed by atoms with Gasteiger partial charge in [0.15, 0.2) is 0 Å². The first-order valence-corrected chi connectivity index (χ1v) is 8.05. The molecule has 124 valence electrons. The van der Waals surface area contributed by atoms with Gasteiger partial charge in [-0.05, 0) is 36.8 Å². The van der Waals surface area contributed by atoms with Gasteiger partial charge in [-0.1, -0.05) is 12.1 Å². The molecule has 2 aromatic rings. The van der Waals surface area contributed by atoms with E-state index in [-0.39, 0.29) is 11.9 Å². The molecule has 2 heterocycles. The zero-order valence-corrected chi connectivity index (χ0v) is 13.4. The number of furan rings is 1. The predicted molar refractivity (Wildman–Crippen MR) is 86.7 cm³/mol. The largest absolute Gasteiger partial charge is 0.465 e. The van der Waals surface area contributed by atoms with Crippen molar-refractivity contribution in [2.75, 3.05) is 32.8 Å². The number of morpholine rings is 1. The maximum atomic E-state index is 13.0. The minimum atomic E-state index is -0.203. The minimum Gasteiger partial charge on any atom is -0.465 e. The number of halogens is 1. The number of benzene rings is 1. The number of hydrogen-bond donors (Lipinski definition) is 1. The third-order valence-electron chi connectivity index (χ3n) is 4.16. The molecule has 1 unspecified atom stereocenters. The van der Waals surface area contributed by atoms with Gasteiger partial charge >= 0.3 is 0 Å². The fourth-order valence-corrected chi connectivity index (χ4v) is 2.89. The van der Waals surface area contributed by atoms with Crippen LogP contribution in [0, 0.1) is 12.7 Å². The van der Waals surface area contributed by atoms with Gasteiger partial charge in [-0.3, -0.25) is 4.90 Å². The lowest BCUT2D eigenvalue weighted by Crippen LogP contribution is -2.42. The molecule has 1 aliphatic heterocycles. The van der Waals surface area contributed by atoms with Crippen LogP contribution in [-0.2, 0) is 11.3 Å². The Morgan fingerprint density at radius 2 is 1.87 bits per heavy atom. The van der Waals surface area contributed by atoms with E-state index in [1.54, 1.807) is 0 Å². The highest BCUT2D eigenvalue weighted by Crippen LogP contribution is 2.23. The van der Waals surface area contributed by atoms with Crippen molar-refractivity contribution in [1.29, 1.82) is 0 Å². The van der Waals surface area contributed by atoms with E-state index < -0.39 is 0 Å². The molecule has 1 fully saturated rings. The van der Waals surface area contributed by atoms with Crippen LogP contribution >= 0.6 is 0 Å². The van der Waals surface area contributed by atoms with E-state index in [1.807, 2.05) is 25.1 Å². The molecule has 0 amide bonds. The van der Waals surface area contributed by atoms with Crippen molar-refractivity contribution in [3.05, 3.63) is 59.3 Å². The van der Waals surface area contributed by atoms with E-state index in [0.29, 0.717) is 6.54 Å². The summed E-state index contributed by atoms with van der Waals surface area (Å²) in [7, 11) is 0. The highest BCUT2D eigenvalue weighted by Gasteiger charge is 2.24. The first-order valence-electron chi connectivity index (χ1n) is 8.05. The second-order valence-electron chi connectivity index (χ2n) is 5.87. The van der Waals surface area contributed by atoms with Crippen LogP contribution in [0.3, 0.4) is 0 Å². The van der Waals surface area contributed by atoms with Gasteiger partial charge < -0.3 is 14.5 Å². The molecule has 4 nitrogen and oxygen atoms in total. The second kappa shape index (κ2) is 7.73. The normalized spacial score (nSPS) is 17.3. The summed E-state index contributed by atoms with van der Waals surface area (Å²) >= 11 is 0. The Hall–Kier alpha value is -1.69. The van der Waals surface area contributed by atoms with Crippen molar-refractivity contribution in [2.45, 2.75) is 19.5 Å². The monoisotopic (exact) mass is 318 g/mol. The molecule has 1 aliphatic rings. The lowest BCUT2D eigenvalue weighted by Gasteiger charge is -2.33. The van der Waals surface area contributed by atoms with E-state index in [9.17, 15) is 4.39 Å². The van der Waals surface area contributed by atoms with E-state index in [1.165, 1.54) is 12.1 Å². The lowest BCUT2D eigenvalue weighted by molar-refractivity contribution is 0.0115. The average Bonchev–Trinajstić information content (AvgIpc) is 3.00. The number of hydrogen-bond acceptors (Lipinski definition) is 4. The molecule has 1 aromatic carbocycles. The fourth-order valence-electron chi connectivity index (χ4n) is 2.89. The first kappa shape index (κ1) is 16.2. The van der Waals surface area contributed by atoms with Gasteiger partial charge in [-0.15, -0.1) is 0 Å². The maximum absolute atomic E-state index is 13.0. The highest BCUT2D eigenvalue weighted by atomic mass is 19.1. The van der Waals surface area contributed by atoms with Crippen LogP contribution in [-0.4, -0.2) is 37.7 Å². The van der Waals surface area contributed by atoms with Crippen LogP contribution in [0.2, 0.25) is 0 Å². The molecule has 1 atom stereocenters. The van der Waals surface area contributed by atoms with Crippen molar-refractivity contribution in [1.82, 2.24) is 10.2 Å². The molecule has 1 saturated heterocycles. The van der Waals surface area contributed by atoms with Gasteiger partial charge in [0.05, 0.1) is 19.3 Å². The maximum Gasteiger partial charge on any atom is 0.123 e. The average molecular weight is 318 g/mol. The molecule has 1 aromatic heterocycles. The summed E-state index contributed by atoms with van der Waals surface area (Å²) in [5, 5.41) is 3.46. The third-order valence-corrected chi connectivity index (χ3v) is 4.16. The minimum absolute atomic E-state index is 0.188. The summed E-state index contributed by atoms with van der Waals surface area (Å²) in [6.07, 6.45) is 0. The van der Waals surface area contributed by atoms with E-state index in [4.69, 9.17) is 9.15 Å². The molecular weight excluding hydrogens is 295 g/mol. The summed E-state index contributed by atoms with van der Waals surface area (Å²) < 4.78 is 24.2. The van der Waals surface area contributed by atoms with Gasteiger partial charge in [0.1, 0.15) is 17.3 Å². The SMILES string of the molecule is Cc1ccc(C(CNCc2ccc(F)cc2)N2CCOCC2)o1. The summed E-state index contributed by atoms with van der Waals surface area (Å²) in [6.45, 7) is 6.78. The third kappa shape index (κ3) is 4.41. The first-order chi connectivity index (χ1) is 11.2. The molecule has 1 N–H and O–H groups in total. The van der Waals surface area contributed by atoms with Crippen LogP contribution < -0.4 is 5.32 Å². The van der Waals surface area contributed by atoms with Crippen molar-refractivity contribution >= 4 is 0 Å². The number of nitrogens with zero attached hydrogens (tertiary/aromatic N) is 1. The van der Waals surface area contributed by atoms with Crippen molar-refractivity contribution in [2.24, 2.45) is 0 Å². The van der Waals surface area contributed by atoms with Crippen LogP contribution in [0.15, 0.2) is 40.8 Å². The zero-order valence-electron chi connectivity index (χ0n) is 13.4. The molecule has 0 spiro atoms. The molecule has 3 rings (SSSR count). The van der Waals surface area contributed by atoms with Crippen LogP contribution in [0.1, 0.15) is 23.1 Å². The zero-order chi connectivity index (χ0) is 16.1. The Bertz CT molecular complexity index is 606.